The standard InChI is InChI=1S/C22H34O3/c1-14(23)25-16-9-11-21(2)15(13-16)5-6-17-18-7-8-20(24-4)22(18,3)12-10-19(17)21/h5,16-20H,6-13H2,1-4H3/t16?,17?,18?,19?,20?,21-,22-/m0/s1. The first-order valence-electron chi connectivity index (χ1n) is 10.3. The summed E-state index contributed by atoms with van der Waals surface area (Å²) in [7, 11) is 1.90. The Kier molecular flexibility index (Phi) is 4.30. The van der Waals surface area contributed by atoms with Gasteiger partial charge in [0.05, 0.1) is 6.10 Å². The minimum Gasteiger partial charge on any atom is -0.462 e. The first kappa shape index (κ1) is 17.6. The van der Waals surface area contributed by atoms with Gasteiger partial charge in [-0.05, 0) is 73.5 Å². The number of allylic oxidation sites excluding steroid dienone is 1. The van der Waals surface area contributed by atoms with Crippen molar-refractivity contribution in [1.29, 1.82) is 0 Å². The number of hydrogen-bond acceptors (Lipinski definition) is 3. The Morgan fingerprint density at radius 3 is 2.64 bits per heavy atom. The fraction of sp³-hybridized carbons (Fsp3) is 0.864. The van der Waals surface area contributed by atoms with E-state index in [1.165, 1.54) is 45.4 Å². The van der Waals surface area contributed by atoms with E-state index < -0.39 is 0 Å². The van der Waals surface area contributed by atoms with Crippen LogP contribution in [0.2, 0.25) is 0 Å². The van der Waals surface area contributed by atoms with Crippen LogP contribution in [0, 0.1) is 28.6 Å². The van der Waals surface area contributed by atoms with Gasteiger partial charge in [0.25, 0.3) is 0 Å². The molecular formula is C22H34O3. The summed E-state index contributed by atoms with van der Waals surface area (Å²) in [6.07, 6.45) is 12.7. The van der Waals surface area contributed by atoms with E-state index in [-0.39, 0.29) is 12.1 Å². The molecule has 0 amide bonds. The van der Waals surface area contributed by atoms with Gasteiger partial charge in [-0.1, -0.05) is 25.5 Å². The molecule has 0 heterocycles. The molecule has 140 valence electrons. The highest BCUT2D eigenvalue weighted by atomic mass is 16.5. The Hall–Kier alpha value is -0.830. The molecule has 7 atom stereocenters. The van der Waals surface area contributed by atoms with Crippen molar-refractivity contribution in [3.05, 3.63) is 11.6 Å². The van der Waals surface area contributed by atoms with Crippen LogP contribution in [0.1, 0.15) is 72.1 Å². The molecule has 3 nitrogen and oxygen atoms in total. The summed E-state index contributed by atoms with van der Waals surface area (Å²) in [5.41, 5.74) is 2.29. The van der Waals surface area contributed by atoms with Gasteiger partial charge in [-0.2, -0.15) is 0 Å². The molecule has 5 unspecified atom stereocenters. The van der Waals surface area contributed by atoms with Crippen LogP contribution in [-0.2, 0) is 14.3 Å². The van der Waals surface area contributed by atoms with E-state index in [9.17, 15) is 4.79 Å². The van der Waals surface area contributed by atoms with Gasteiger partial charge < -0.3 is 9.47 Å². The normalized spacial score (nSPS) is 48.8. The Balaban J connectivity index is 1.58. The van der Waals surface area contributed by atoms with E-state index in [0.717, 1.165) is 30.6 Å². The lowest BCUT2D eigenvalue weighted by molar-refractivity contribution is -0.148. The van der Waals surface area contributed by atoms with Gasteiger partial charge in [0.1, 0.15) is 6.10 Å². The van der Waals surface area contributed by atoms with Crippen molar-refractivity contribution < 1.29 is 14.3 Å². The molecule has 0 aromatic rings. The monoisotopic (exact) mass is 346 g/mol. The number of methoxy groups -OCH3 is 1. The molecule has 0 aromatic heterocycles. The van der Waals surface area contributed by atoms with E-state index in [1.54, 1.807) is 5.57 Å². The van der Waals surface area contributed by atoms with Crippen molar-refractivity contribution in [2.75, 3.05) is 7.11 Å². The molecule has 4 aliphatic carbocycles. The molecule has 3 heteroatoms. The first-order valence-corrected chi connectivity index (χ1v) is 10.3. The quantitative estimate of drug-likeness (QED) is 0.527. The van der Waals surface area contributed by atoms with Gasteiger partial charge >= 0.3 is 5.97 Å². The number of ether oxygens (including phenoxy) is 2. The summed E-state index contributed by atoms with van der Waals surface area (Å²) in [5.74, 6) is 2.31. The van der Waals surface area contributed by atoms with E-state index in [0.29, 0.717) is 16.9 Å². The van der Waals surface area contributed by atoms with Crippen molar-refractivity contribution in [2.45, 2.75) is 84.3 Å². The van der Waals surface area contributed by atoms with Crippen LogP contribution in [0.15, 0.2) is 11.6 Å². The van der Waals surface area contributed by atoms with Gasteiger partial charge in [-0.3, -0.25) is 4.79 Å². The molecule has 4 aliphatic rings. The minimum absolute atomic E-state index is 0.103. The summed E-state index contributed by atoms with van der Waals surface area (Å²) < 4.78 is 11.4. The molecule has 0 aromatic carbocycles. The minimum atomic E-state index is -0.132. The largest absolute Gasteiger partial charge is 0.462 e. The summed E-state index contributed by atoms with van der Waals surface area (Å²) >= 11 is 0. The van der Waals surface area contributed by atoms with Crippen molar-refractivity contribution in [3.8, 4) is 0 Å². The van der Waals surface area contributed by atoms with E-state index in [1.807, 2.05) is 7.11 Å². The topological polar surface area (TPSA) is 35.5 Å². The van der Waals surface area contributed by atoms with Crippen LogP contribution in [0.5, 0.6) is 0 Å². The Morgan fingerprint density at radius 1 is 1.12 bits per heavy atom. The van der Waals surface area contributed by atoms with Crippen molar-refractivity contribution in [2.24, 2.45) is 28.6 Å². The summed E-state index contributed by atoms with van der Waals surface area (Å²) in [5, 5.41) is 0. The zero-order valence-electron chi connectivity index (χ0n) is 16.3. The third kappa shape index (κ3) is 2.60. The second kappa shape index (κ2) is 6.11. The second-order valence-electron chi connectivity index (χ2n) is 9.58. The zero-order chi connectivity index (χ0) is 17.8. The maximum Gasteiger partial charge on any atom is 0.302 e. The van der Waals surface area contributed by atoms with Gasteiger partial charge in [-0.25, -0.2) is 0 Å². The lowest BCUT2D eigenvalue weighted by atomic mass is 9.48. The molecule has 25 heavy (non-hydrogen) atoms. The maximum atomic E-state index is 11.3. The van der Waals surface area contributed by atoms with Crippen molar-refractivity contribution >= 4 is 5.97 Å². The van der Waals surface area contributed by atoms with E-state index >= 15 is 0 Å². The van der Waals surface area contributed by atoms with E-state index in [2.05, 4.69) is 19.9 Å². The summed E-state index contributed by atoms with van der Waals surface area (Å²) in [6, 6.07) is 0. The highest BCUT2D eigenvalue weighted by molar-refractivity contribution is 5.66. The molecule has 0 aliphatic heterocycles. The SMILES string of the molecule is COC1CCC2C3CC=C4CC(OC(C)=O)CC[C@]4(C)C3CC[C@]12C. The highest BCUT2D eigenvalue weighted by Crippen LogP contribution is 2.65. The van der Waals surface area contributed by atoms with Crippen LogP contribution in [0.3, 0.4) is 0 Å². The molecule has 4 rings (SSSR count). The predicted molar refractivity (Wildman–Crippen MR) is 98.1 cm³/mol. The third-order valence-electron chi connectivity index (χ3n) is 8.59. The number of esters is 1. The number of fused-ring (bicyclic) bond motifs is 5. The fourth-order valence-electron chi connectivity index (χ4n) is 7.30. The van der Waals surface area contributed by atoms with Crippen molar-refractivity contribution in [3.63, 3.8) is 0 Å². The first-order chi connectivity index (χ1) is 11.9. The predicted octanol–water partition coefficient (Wildman–Crippen LogP) is 4.90. The van der Waals surface area contributed by atoms with Gasteiger partial charge in [0, 0.05) is 20.5 Å². The molecule has 0 N–H and O–H groups in total. The molecule has 0 saturated heterocycles. The van der Waals surface area contributed by atoms with Crippen LogP contribution in [0.25, 0.3) is 0 Å². The summed E-state index contributed by atoms with van der Waals surface area (Å²) in [4.78, 5) is 11.3. The smallest absolute Gasteiger partial charge is 0.302 e. The molecule has 0 radical (unpaired) electrons. The van der Waals surface area contributed by atoms with Crippen molar-refractivity contribution in [1.82, 2.24) is 0 Å². The Bertz CT molecular complexity index is 582. The molecule has 3 fully saturated rings. The van der Waals surface area contributed by atoms with Gasteiger partial charge in [0.15, 0.2) is 0 Å². The number of carbonyl (C=O) groups excluding carboxylic acids is 1. The van der Waals surface area contributed by atoms with Crippen LogP contribution in [0.4, 0.5) is 0 Å². The lowest BCUT2D eigenvalue weighted by Gasteiger charge is -2.57. The molecular weight excluding hydrogens is 312 g/mol. The third-order valence-corrected chi connectivity index (χ3v) is 8.59. The highest BCUT2D eigenvalue weighted by Gasteiger charge is 2.58. The van der Waals surface area contributed by atoms with E-state index in [4.69, 9.17) is 9.47 Å². The molecule has 0 bridgehead atoms. The molecule has 0 spiro atoms. The van der Waals surface area contributed by atoms with Crippen LogP contribution in [-0.4, -0.2) is 25.3 Å². The second-order valence-corrected chi connectivity index (χ2v) is 9.58. The number of rotatable bonds is 2. The number of hydrogen-bond donors (Lipinski definition) is 0. The zero-order valence-corrected chi connectivity index (χ0v) is 16.3. The number of carbonyl (C=O) groups is 1. The van der Waals surface area contributed by atoms with Crippen LogP contribution < -0.4 is 0 Å². The van der Waals surface area contributed by atoms with Gasteiger partial charge in [0.2, 0.25) is 0 Å². The van der Waals surface area contributed by atoms with Crippen LogP contribution >= 0.6 is 0 Å². The maximum absolute atomic E-state index is 11.3. The summed E-state index contributed by atoms with van der Waals surface area (Å²) in [6.45, 7) is 6.53. The average molecular weight is 347 g/mol. The Labute approximate surface area is 152 Å². The molecule has 3 saturated carbocycles. The Morgan fingerprint density at radius 2 is 1.92 bits per heavy atom. The lowest BCUT2D eigenvalue weighted by Crippen LogP contribution is -2.51. The fourth-order valence-corrected chi connectivity index (χ4v) is 7.30. The average Bonchev–Trinajstić information content (AvgIpc) is 2.91. The van der Waals surface area contributed by atoms with Gasteiger partial charge in [-0.15, -0.1) is 0 Å².